The molecule has 2 rings (SSSR count). The van der Waals surface area contributed by atoms with E-state index in [9.17, 15) is 0 Å². The van der Waals surface area contributed by atoms with Gasteiger partial charge in [0.05, 0.1) is 0 Å². The standard InChI is InChI=1S/C11H14N4O/c1-8-13-14-11(15(8)2)7-16-10-5-3-4-9(12)6-10/h3-6H,7,12H2,1-2H3. The Hall–Kier alpha value is -2.04. The van der Waals surface area contributed by atoms with E-state index in [2.05, 4.69) is 10.2 Å². The van der Waals surface area contributed by atoms with Gasteiger partial charge >= 0.3 is 0 Å². The molecule has 0 atom stereocenters. The van der Waals surface area contributed by atoms with E-state index in [1.165, 1.54) is 0 Å². The number of anilines is 1. The number of aryl methyl sites for hydroxylation is 1. The van der Waals surface area contributed by atoms with Crippen molar-refractivity contribution in [2.24, 2.45) is 7.05 Å². The van der Waals surface area contributed by atoms with Crippen molar-refractivity contribution in [3.05, 3.63) is 35.9 Å². The van der Waals surface area contributed by atoms with Crippen LogP contribution >= 0.6 is 0 Å². The molecule has 1 aromatic heterocycles. The molecule has 84 valence electrons. The summed E-state index contributed by atoms with van der Waals surface area (Å²) >= 11 is 0. The first-order valence-corrected chi connectivity index (χ1v) is 5.00. The van der Waals surface area contributed by atoms with E-state index in [0.717, 1.165) is 17.4 Å². The predicted octanol–water partition coefficient (Wildman–Crippen LogP) is 1.28. The van der Waals surface area contributed by atoms with E-state index in [-0.39, 0.29) is 0 Å². The average molecular weight is 218 g/mol. The summed E-state index contributed by atoms with van der Waals surface area (Å²) in [6.07, 6.45) is 0. The highest BCUT2D eigenvalue weighted by Crippen LogP contribution is 2.15. The van der Waals surface area contributed by atoms with Crippen LogP contribution in [-0.2, 0) is 13.7 Å². The second-order valence-corrected chi connectivity index (χ2v) is 3.58. The van der Waals surface area contributed by atoms with Crippen molar-refractivity contribution in [3.63, 3.8) is 0 Å². The summed E-state index contributed by atoms with van der Waals surface area (Å²) in [7, 11) is 1.91. The van der Waals surface area contributed by atoms with Crippen LogP contribution in [-0.4, -0.2) is 14.8 Å². The van der Waals surface area contributed by atoms with Crippen LogP contribution in [0.1, 0.15) is 11.6 Å². The fourth-order valence-electron chi connectivity index (χ4n) is 1.33. The fraction of sp³-hybridized carbons (Fsp3) is 0.273. The molecule has 0 bridgehead atoms. The van der Waals surface area contributed by atoms with Gasteiger partial charge in [0, 0.05) is 18.8 Å². The number of aromatic nitrogens is 3. The SMILES string of the molecule is Cc1nnc(COc2cccc(N)c2)n1C. The molecule has 0 aliphatic rings. The molecule has 0 unspecified atom stereocenters. The monoisotopic (exact) mass is 218 g/mol. The molecule has 0 saturated carbocycles. The summed E-state index contributed by atoms with van der Waals surface area (Å²) in [5.74, 6) is 2.40. The van der Waals surface area contributed by atoms with E-state index >= 15 is 0 Å². The molecule has 0 radical (unpaired) electrons. The van der Waals surface area contributed by atoms with Gasteiger partial charge in [0.2, 0.25) is 0 Å². The van der Waals surface area contributed by atoms with Gasteiger partial charge in [0.25, 0.3) is 0 Å². The van der Waals surface area contributed by atoms with Crippen molar-refractivity contribution in [1.82, 2.24) is 14.8 Å². The molecule has 2 N–H and O–H groups in total. The maximum Gasteiger partial charge on any atom is 0.170 e. The van der Waals surface area contributed by atoms with E-state index < -0.39 is 0 Å². The van der Waals surface area contributed by atoms with Crippen LogP contribution in [0.5, 0.6) is 5.75 Å². The Bertz CT molecular complexity index is 492. The average Bonchev–Trinajstić information content (AvgIpc) is 2.57. The molecule has 2 aromatic rings. The van der Waals surface area contributed by atoms with Gasteiger partial charge in [-0.15, -0.1) is 10.2 Å². The Morgan fingerprint density at radius 3 is 2.81 bits per heavy atom. The van der Waals surface area contributed by atoms with Gasteiger partial charge in [0.15, 0.2) is 5.82 Å². The Morgan fingerprint density at radius 1 is 1.38 bits per heavy atom. The smallest absolute Gasteiger partial charge is 0.170 e. The molecule has 1 heterocycles. The third kappa shape index (κ3) is 2.13. The molecular weight excluding hydrogens is 204 g/mol. The minimum atomic E-state index is 0.390. The Kier molecular flexibility index (Phi) is 2.76. The number of hydrogen-bond donors (Lipinski definition) is 1. The summed E-state index contributed by atoms with van der Waals surface area (Å²) in [4.78, 5) is 0. The Balaban J connectivity index is 2.05. The van der Waals surface area contributed by atoms with E-state index in [1.54, 1.807) is 6.07 Å². The number of benzene rings is 1. The highest BCUT2D eigenvalue weighted by atomic mass is 16.5. The molecule has 5 heteroatoms. The van der Waals surface area contributed by atoms with E-state index in [0.29, 0.717) is 12.3 Å². The van der Waals surface area contributed by atoms with E-state index in [1.807, 2.05) is 36.7 Å². The van der Waals surface area contributed by atoms with Crippen molar-refractivity contribution >= 4 is 5.69 Å². The largest absolute Gasteiger partial charge is 0.486 e. The minimum absolute atomic E-state index is 0.390. The number of nitrogen functional groups attached to an aromatic ring is 1. The minimum Gasteiger partial charge on any atom is -0.486 e. The van der Waals surface area contributed by atoms with Crippen molar-refractivity contribution in [3.8, 4) is 5.75 Å². The third-order valence-electron chi connectivity index (χ3n) is 2.41. The lowest BCUT2D eigenvalue weighted by atomic mass is 10.3. The first-order chi connectivity index (χ1) is 7.66. The maximum absolute atomic E-state index is 5.65. The first kappa shape index (κ1) is 10.5. The molecule has 16 heavy (non-hydrogen) atoms. The van der Waals surface area contributed by atoms with Gasteiger partial charge in [-0.25, -0.2) is 0 Å². The zero-order valence-corrected chi connectivity index (χ0v) is 9.34. The second kappa shape index (κ2) is 4.22. The normalized spacial score (nSPS) is 10.4. The predicted molar refractivity (Wildman–Crippen MR) is 60.9 cm³/mol. The number of nitrogens with zero attached hydrogens (tertiary/aromatic N) is 3. The Labute approximate surface area is 93.9 Å². The van der Waals surface area contributed by atoms with Gasteiger partial charge in [-0.05, 0) is 19.1 Å². The second-order valence-electron chi connectivity index (χ2n) is 3.58. The fourth-order valence-corrected chi connectivity index (χ4v) is 1.33. The van der Waals surface area contributed by atoms with Crippen LogP contribution in [0.3, 0.4) is 0 Å². The summed E-state index contributed by atoms with van der Waals surface area (Å²) in [6, 6.07) is 7.31. The molecule has 0 fully saturated rings. The van der Waals surface area contributed by atoms with Gasteiger partial charge < -0.3 is 15.0 Å². The van der Waals surface area contributed by atoms with Crippen LogP contribution in [0, 0.1) is 6.92 Å². The molecule has 0 aliphatic heterocycles. The van der Waals surface area contributed by atoms with Crippen LogP contribution in [0.4, 0.5) is 5.69 Å². The van der Waals surface area contributed by atoms with Crippen LogP contribution in [0.15, 0.2) is 24.3 Å². The van der Waals surface area contributed by atoms with Gasteiger partial charge in [-0.2, -0.15) is 0 Å². The summed E-state index contributed by atoms with van der Waals surface area (Å²) in [5, 5.41) is 7.96. The quantitative estimate of drug-likeness (QED) is 0.788. The number of hydrogen-bond acceptors (Lipinski definition) is 4. The van der Waals surface area contributed by atoms with Crippen molar-refractivity contribution in [1.29, 1.82) is 0 Å². The third-order valence-corrected chi connectivity index (χ3v) is 2.41. The van der Waals surface area contributed by atoms with Gasteiger partial charge in [-0.1, -0.05) is 6.07 Å². The van der Waals surface area contributed by atoms with Crippen molar-refractivity contribution in [2.75, 3.05) is 5.73 Å². The summed E-state index contributed by atoms with van der Waals surface area (Å²) < 4.78 is 7.46. The zero-order valence-electron chi connectivity index (χ0n) is 9.34. The molecule has 0 aliphatic carbocycles. The van der Waals surface area contributed by atoms with Crippen LogP contribution in [0.2, 0.25) is 0 Å². The Morgan fingerprint density at radius 2 is 2.19 bits per heavy atom. The summed E-state index contributed by atoms with van der Waals surface area (Å²) in [6.45, 7) is 2.29. The lowest BCUT2D eigenvalue weighted by molar-refractivity contribution is 0.291. The highest BCUT2D eigenvalue weighted by molar-refractivity contribution is 5.43. The highest BCUT2D eigenvalue weighted by Gasteiger charge is 2.05. The maximum atomic E-state index is 5.65. The number of nitrogens with two attached hydrogens (primary N) is 1. The molecular formula is C11H14N4O. The van der Waals surface area contributed by atoms with E-state index in [4.69, 9.17) is 10.5 Å². The molecule has 0 amide bonds. The molecule has 1 aromatic carbocycles. The molecule has 5 nitrogen and oxygen atoms in total. The molecule has 0 spiro atoms. The van der Waals surface area contributed by atoms with Crippen LogP contribution < -0.4 is 10.5 Å². The van der Waals surface area contributed by atoms with Crippen LogP contribution in [0.25, 0.3) is 0 Å². The first-order valence-electron chi connectivity index (χ1n) is 5.00. The van der Waals surface area contributed by atoms with Gasteiger partial charge in [-0.3, -0.25) is 0 Å². The lowest BCUT2D eigenvalue weighted by Crippen LogP contribution is -2.04. The number of rotatable bonds is 3. The van der Waals surface area contributed by atoms with Crippen molar-refractivity contribution < 1.29 is 4.74 Å². The molecule has 0 saturated heterocycles. The summed E-state index contributed by atoms with van der Waals surface area (Å²) in [5.41, 5.74) is 6.34. The zero-order chi connectivity index (χ0) is 11.5. The van der Waals surface area contributed by atoms with Crippen molar-refractivity contribution in [2.45, 2.75) is 13.5 Å². The number of ether oxygens (including phenoxy) is 1. The topological polar surface area (TPSA) is 66.0 Å². The lowest BCUT2D eigenvalue weighted by Gasteiger charge is -2.06. The van der Waals surface area contributed by atoms with Gasteiger partial charge in [0.1, 0.15) is 18.2 Å².